The Balaban J connectivity index is 2.26. The highest BCUT2D eigenvalue weighted by atomic mass is 16.6. The molecule has 0 saturated carbocycles. The van der Waals surface area contributed by atoms with Crippen LogP contribution in [0.3, 0.4) is 0 Å². The minimum absolute atomic E-state index is 0.161. The Morgan fingerprint density at radius 2 is 2.00 bits per heavy atom. The quantitative estimate of drug-likeness (QED) is 0.604. The number of nitrogens with zero attached hydrogens (tertiary/aromatic N) is 2. The fourth-order valence-electron chi connectivity index (χ4n) is 2.74. The lowest BCUT2D eigenvalue weighted by molar-refractivity contribution is -0.384. The van der Waals surface area contributed by atoms with Crippen LogP contribution >= 0.6 is 0 Å². The zero-order valence-electron chi connectivity index (χ0n) is 11.1. The summed E-state index contributed by atoms with van der Waals surface area (Å²) in [7, 11) is 0. The van der Waals surface area contributed by atoms with Crippen LogP contribution in [0.2, 0.25) is 0 Å². The largest absolute Gasteiger partial charge is 0.366 e. The first-order valence-corrected chi connectivity index (χ1v) is 6.59. The molecule has 1 unspecified atom stereocenters. The molecule has 1 aromatic rings. The van der Waals surface area contributed by atoms with Gasteiger partial charge in [-0.05, 0) is 44.7 Å². The van der Waals surface area contributed by atoms with Gasteiger partial charge in [0.2, 0.25) is 0 Å². The van der Waals surface area contributed by atoms with Gasteiger partial charge in [0.25, 0.3) is 5.69 Å². The number of anilines is 1. The first-order chi connectivity index (χ1) is 8.57. The van der Waals surface area contributed by atoms with Gasteiger partial charge < -0.3 is 4.90 Å². The van der Waals surface area contributed by atoms with Crippen LogP contribution in [-0.4, -0.2) is 17.0 Å². The van der Waals surface area contributed by atoms with E-state index in [1.807, 2.05) is 12.1 Å². The third kappa shape index (κ3) is 2.33. The second-order valence-electron chi connectivity index (χ2n) is 5.23. The summed E-state index contributed by atoms with van der Waals surface area (Å²) in [5.74, 6) is 0. The van der Waals surface area contributed by atoms with Crippen molar-refractivity contribution in [3.63, 3.8) is 0 Å². The number of piperidine rings is 1. The van der Waals surface area contributed by atoms with Gasteiger partial charge in [-0.15, -0.1) is 0 Å². The third-order valence-corrected chi connectivity index (χ3v) is 4.13. The van der Waals surface area contributed by atoms with Gasteiger partial charge in [-0.2, -0.15) is 0 Å². The summed E-state index contributed by atoms with van der Waals surface area (Å²) in [6, 6.07) is 6.94. The first kappa shape index (κ1) is 12.9. The Morgan fingerprint density at radius 1 is 1.33 bits per heavy atom. The summed E-state index contributed by atoms with van der Waals surface area (Å²) in [5, 5.41) is 10.7. The van der Waals surface area contributed by atoms with E-state index in [9.17, 15) is 10.1 Å². The van der Waals surface area contributed by atoms with Crippen LogP contribution < -0.4 is 4.90 Å². The molecule has 2 rings (SSSR count). The van der Waals surface area contributed by atoms with E-state index in [4.69, 9.17) is 0 Å². The SMILES string of the molecule is CCC1(C)CCCCN1c1ccc([N+](=O)[O-])cc1. The lowest BCUT2D eigenvalue weighted by atomic mass is 9.85. The fraction of sp³-hybridized carbons (Fsp3) is 0.571. The average molecular weight is 248 g/mol. The van der Waals surface area contributed by atoms with Gasteiger partial charge >= 0.3 is 0 Å². The lowest BCUT2D eigenvalue weighted by Gasteiger charge is -2.46. The molecule has 1 aliphatic heterocycles. The number of benzene rings is 1. The van der Waals surface area contributed by atoms with Crippen molar-refractivity contribution in [2.75, 3.05) is 11.4 Å². The zero-order valence-corrected chi connectivity index (χ0v) is 11.1. The number of rotatable bonds is 3. The Bertz CT molecular complexity index is 430. The van der Waals surface area contributed by atoms with Crippen molar-refractivity contribution < 1.29 is 4.92 Å². The molecule has 0 N–H and O–H groups in total. The van der Waals surface area contributed by atoms with Crippen LogP contribution in [0.5, 0.6) is 0 Å². The molecule has 1 atom stereocenters. The predicted octanol–water partition coefficient (Wildman–Crippen LogP) is 3.75. The van der Waals surface area contributed by atoms with Gasteiger partial charge in [0.1, 0.15) is 0 Å². The average Bonchev–Trinajstić information content (AvgIpc) is 2.39. The van der Waals surface area contributed by atoms with Crippen molar-refractivity contribution in [2.24, 2.45) is 0 Å². The summed E-state index contributed by atoms with van der Waals surface area (Å²) in [6.07, 6.45) is 4.77. The number of hydrogen-bond donors (Lipinski definition) is 0. The monoisotopic (exact) mass is 248 g/mol. The van der Waals surface area contributed by atoms with Gasteiger partial charge in [0, 0.05) is 29.9 Å². The van der Waals surface area contributed by atoms with Gasteiger partial charge in [0.15, 0.2) is 0 Å². The Hall–Kier alpha value is -1.58. The van der Waals surface area contributed by atoms with E-state index in [2.05, 4.69) is 18.7 Å². The summed E-state index contributed by atoms with van der Waals surface area (Å²) in [4.78, 5) is 12.7. The van der Waals surface area contributed by atoms with E-state index >= 15 is 0 Å². The van der Waals surface area contributed by atoms with Crippen molar-refractivity contribution in [3.8, 4) is 0 Å². The van der Waals surface area contributed by atoms with Gasteiger partial charge in [-0.3, -0.25) is 10.1 Å². The van der Waals surface area contributed by atoms with Crippen LogP contribution in [0, 0.1) is 10.1 Å². The maximum Gasteiger partial charge on any atom is 0.269 e. The van der Waals surface area contributed by atoms with E-state index < -0.39 is 0 Å². The molecule has 1 fully saturated rings. The molecule has 0 aromatic heterocycles. The standard InChI is InChI=1S/C14H20N2O2/c1-3-14(2)10-4-5-11-15(14)12-6-8-13(9-7-12)16(17)18/h6-9H,3-5,10-11H2,1-2H3. The van der Waals surface area contributed by atoms with E-state index in [0.29, 0.717) is 0 Å². The molecule has 0 amide bonds. The molecule has 1 aromatic carbocycles. The van der Waals surface area contributed by atoms with Crippen molar-refractivity contribution >= 4 is 11.4 Å². The van der Waals surface area contributed by atoms with Crippen molar-refractivity contribution in [2.45, 2.75) is 45.1 Å². The minimum atomic E-state index is -0.348. The van der Waals surface area contributed by atoms with Crippen LogP contribution in [0.4, 0.5) is 11.4 Å². The second kappa shape index (κ2) is 4.96. The smallest absolute Gasteiger partial charge is 0.269 e. The normalized spacial score (nSPS) is 24.0. The van der Waals surface area contributed by atoms with E-state index in [0.717, 1.165) is 18.7 Å². The zero-order chi connectivity index (χ0) is 13.2. The second-order valence-corrected chi connectivity index (χ2v) is 5.23. The topological polar surface area (TPSA) is 46.4 Å². The van der Waals surface area contributed by atoms with Gasteiger partial charge in [0.05, 0.1) is 4.92 Å². The maximum absolute atomic E-state index is 10.7. The van der Waals surface area contributed by atoms with Crippen molar-refractivity contribution in [1.29, 1.82) is 0 Å². The van der Waals surface area contributed by atoms with Gasteiger partial charge in [-0.1, -0.05) is 6.92 Å². The number of hydrogen-bond acceptors (Lipinski definition) is 3. The molecule has 98 valence electrons. The Labute approximate surface area is 108 Å². The molecule has 0 radical (unpaired) electrons. The molecule has 0 bridgehead atoms. The minimum Gasteiger partial charge on any atom is -0.366 e. The highest BCUT2D eigenvalue weighted by Gasteiger charge is 2.32. The summed E-state index contributed by atoms with van der Waals surface area (Å²) in [6.45, 7) is 5.54. The van der Waals surface area contributed by atoms with Crippen LogP contribution in [0.1, 0.15) is 39.5 Å². The van der Waals surface area contributed by atoms with E-state index in [1.54, 1.807) is 12.1 Å². The van der Waals surface area contributed by atoms with Crippen LogP contribution in [-0.2, 0) is 0 Å². The predicted molar refractivity (Wildman–Crippen MR) is 73.0 cm³/mol. The fourth-order valence-corrected chi connectivity index (χ4v) is 2.74. The van der Waals surface area contributed by atoms with E-state index in [-0.39, 0.29) is 16.1 Å². The molecule has 4 nitrogen and oxygen atoms in total. The molecule has 1 saturated heterocycles. The molecule has 1 heterocycles. The van der Waals surface area contributed by atoms with Crippen LogP contribution in [0.15, 0.2) is 24.3 Å². The van der Waals surface area contributed by atoms with Crippen molar-refractivity contribution in [3.05, 3.63) is 34.4 Å². The number of nitro groups is 1. The molecular formula is C14H20N2O2. The molecular weight excluding hydrogens is 228 g/mol. The summed E-state index contributed by atoms with van der Waals surface area (Å²) >= 11 is 0. The van der Waals surface area contributed by atoms with Crippen LogP contribution in [0.25, 0.3) is 0 Å². The number of nitro benzene ring substituents is 1. The highest BCUT2D eigenvalue weighted by Crippen LogP contribution is 2.35. The highest BCUT2D eigenvalue weighted by molar-refractivity contribution is 5.53. The van der Waals surface area contributed by atoms with Crippen molar-refractivity contribution in [1.82, 2.24) is 0 Å². The molecule has 0 aliphatic carbocycles. The molecule has 0 spiro atoms. The summed E-state index contributed by atoms with van der Waals surface area (Å²) in [5.41, 5.74) is 1.45. The Kier molecular flexibility index (Phi) is 3.55. The lowest BCUT2D eigenvalue weighted by Crippen LogP contribution is -2.49. The number of non-ortho nitro benzene ring substituents is 1. The third-order valence-electron chi connectivity index (χ3n) is 4.13. The Morgan fingerprint density at radius 3 is 2.56 bits per heavy atom. The first-order valence-electron chi connectivity index (χ1n) is 6.59. The van der Waals surface area contributed by atoms with Gasteiger partial charge in [-0.25, -0.2) is 0 Å². The molecule has 18 heavy (non-hydrogen) atoms. The van der Waals surface area contributed by atoms with E-state index in [1.165, 1.54) is 19.3 Å². The molecule has 1 aliphatic rings. The summed E-state index contributed by atoms with van der Waals surface area (Å²) < 4.78 is 0. The molecule has 4 heteroatoms. The maximum atomic E-state index is 10.7.